The maximum absolute atomic E-state index is 10.8. The maximum atomic E-state index is 10.8. The predicted molar refractivity (Wildman–Crippen MR) is 54.9 cm³/mol. The normalized spacial score (nSPS) is 11.3. The molecule has 82 valence electrons. The Morgan fingerprint density at radius 3 is 2.33 bits per heavy atom. The van der Waals surface area contributed by atoms with E-state index < -0.39 is 26.5 Å². The minimum Gasteiger partial charge on any atom is -0.478 e. The number of carboxylic acids is 1. The largest absolute Gasteiger partial charge is 0.478 e. The van der Waals surface area contributed by atoms with Crippen molar-refractivity contribution >= 4 is 34.4 Å². The summed E-state index contributed by atoms with van der Waals surface area (Å²) in [4.78, 5) is 10.1. The molecule has 15 heavy (non-hydrogen) atoms. The van der Waals surface area contributed by atoms with Crippen LogP contribution in [-0.4, -0.2) is 24.0 Å². The third-order valence-electron chi connectivity index (χ3n) is 1.64. The maximum Gasteiger partial charge on any atom is 0.337 e. The molecule has 0 aliphatic heterocycles. The van der Waals surface area contributed by atoms with Crippen molar-refractivity contribution in [2.24, 2.45) is 0 Å². The van der Waals surface area contributed by atoms with E-state index in [1.165, 1.54) is 0 Å². The number of rotatable bonds is 2. The summed E-state index contributed by atoms with van der Waals surface area (Å²) in [6.07, 6.45) is 0. The van der Waals surface area contributed by atoms with Gasteiger partial charge in [-0.1, -0.05) is 0 Å². The number of carbonyl (C=O) groups is 1. The highest BCUT2D eigenvalue weighted by atomic mass is 32.2. The van der Waals surface area contributed by atoms with Crippen molar-refractivity contribution in [1.82, 2.24) is 0 Å². The summed E-state index contributed by atoms with van der Waals surface area (Å²) >= 11 is 3.84. The molecular weight excluding hydrogens is 242 g/mol. The lowest BCUT2D eigenvalue weighted by Gasteiger charge is -2.06. The topological polar surface area (TPSA) is 118 Å². The van der Waals surface area contributed by atoms with Gasteiger partial charge in [-0.05, 0) is 12.1 Å². The average Bonchev–Trinajstić information content (AvgIpc) is 2.06. The second kappa shape index (κ2) is 3.72. The Hall–Kier alpha value is -1.25. The van der Waals surface area contributed by atoms with Crippen LogP contribution in [-0.2, 0) is 10.1 Å². The molecule has 0 bridgehead atoms. The van der Waals surface area contributed by atoms with E-state index in [4.69, 9.17) is 15.4 Å². The summed E-state index contributed by atoms with van der Waals surface area (Å²) in [5.74, 6) is -1.49. The minimum atomic E-state index is -4.61. The van der Waals surface area contributed by atoms with E-state index >= 15 is 0 Å². The van der Waals surface area contributed by atoms with Crippen molar-refractivity contribution in [3.05, 3.63) is 17.7 Å². The summed E-state index contributed by atoms with van der Waals surface area (Å²) in [7, 11) is -4.61. The van der Waals surface area contributed by atoms with Crippen LogP contribution in [0.5, 0.6) is 0 Å². The van der Waals surface area contributed by atoms with Gasteiger partial charge in [-0.2, -0.15) is 8.42 Å². The smallest absolute Gasteiger partial charge is 0.337 e. The van der Waals surface area contributed by atoms with Crippen molar-refractivity contribution in [3.8, 4) is 0 Å². The van der Waals surface area contributed by atoms with E-state index in [0.717, 1.165) is 12.1 Å². The SMILES string of the molecule is Nc1cc(S(=O)(=O)O)c(C(=O)O)cc1S. The van der Waals surface area contributed by atoms with E-state index in [1.807, 2.05) is 0 Å². The summed E-state index contributed by atoms with van der Waals surface area (Å²) in [6, 6.07) is 1.81. The quantitative estimate of drug-likeness (QED) is 0.344. The molecule has 0 radical (unpaired) electrons. The van der Waals surface area contributed by atoms with E-state index in [2.05, 4.69) is 12.6 Å². The van der Waals surface area contributed by atoms with Crippen molar-refractivity contribution < 1.29 is 22.9 Å². The Balaban J connectivity index is 3.64. The zero-order valence-corrected chi connectivity index (χ0v) is 8.92. The number of aromatic carboxylic acids is 1. The number of hydrogen-bond donors (Lipinski definition) is 4. The number of thiol groups is 1. The molecule has 0 fully saturated rings. The van der Waals surface area contributed by atoms with Gasteiger partial charge in [0.15, 0.2) is 0 Å². The molecular formula is C7H7NO5S2. The molecule has 4 N–H and O–H groups in total. The fourth-order valence-electron chi connectivity index (χ4n) is 0.965. The average molecular weight is 249 g/mol. The van der Waals surface area contributed by atoms with Crippen molar-refractivity contribution in [3.63, 3.8) is 0 Å². The number of nitrogens with two attached hydrogens (primary N) is 1. The number of hydrogen-bond acceptors (Lipinski definition) is 5. The third-order valence-corrected chi connectivity index (χ3v) is 2.92. The van der Waals surface area contributed by atoms with Crippen LogP contribution in [0.15, 0.2) is 21.9 Å². The molecule has 1 aromatic carbocycles. The first kappa shape index (κ1) is 11.8. The Morgan fingerprint density at radius 1 is 1.40 bits per heavy atom. The van der Waals surface area contributed by atoms with Crippen molar-refractivity contribution in [1.29, 1.82) is 0 Å². The van der Waals surface area contributed by atoms with Crippen LogP contribution in [0.4, 0.5) is 5.69 Å². The van der Waals surface area contributed by atoms with Crippen LogP contribution in [0.1, 0.15) is 10.4 Å². The van der Waals surface area contributed by atoms with E-state index in [-0.39, 0.29) is 10.6 Å². The Labute approximate surface area is 90.9 Å². The highest BCUT2D eigenvalue weighted by Gasteiger charge is 2.21. The van der Waals surface area contributed by atoms with Gasteiger partial charge < -0.3 is 10.8 Å². The first-order chi connectivity index (χ1) is 6.73. The van der Waals surface area contributed by atoms with Gasteiger partial charge in [0.25, 0.3) is 10.1 Å². The van der Waals surface area contributed by atoms with Gasteiger partial charge in [-0.15, -0.1) is 12.6 Å². The van der Waals surface area contributed by atoms with Crippen LogP contribution < -0.4 is 5.73 Å². The van der Waals surface area contributed by atoms with Gasteiger partial charge in [0.05, 0.1) is 5.56 Å². The molecule has 0 aliphatic carbocycles. The molecule has 0 saturated carbocycles. The molecule has 0 amide bonds. The third kappa shape index (κ3) is 2.41. The molecule has 0 unspecified atom stereocenters. The molecule has 1 rings (SSSR count). The number of anilines is 1. The monoisotopic (exact) mass is 249 g/mol. The summed E-state index contributed by atoms with van der Waals surface area (Å²) in [5, 5.41) is 8.69. The van der Waals surface area contributed by atoms with Crippen LogP contribution in [0.25, 0.3) is 0 Å². The summed E-state index contributed by atoms with van der Waals surface area (Å²) < 4.78 is 30.4. The highest BCUT2D eigenvalue weighted by Crippen LogP contribution is 2.25. The first-order valence-corrected chi connectivity index (χ1v) is 5.45. The number of benzene rings is 1. The van der Waals surface area contributed by atoms with E-state index in [9.17, 15) is 13.2 Å². The standard InChI is InChI=1S/C7H7NO5S2/c8-4-2-6(15(11,12)13)3(7(9)10)1-5(4)14/h1-2,14H,8H2,(H,9,10)(H,11,12,13). The van der Waals surface area contributed by atoms with Crippen molar-refractivity contribution in [2.75, 3.05) is 5.73 Å². The lowest BCUT2D eigenvalue weighted by atomic mass is 10.2. The highest BCUT2D eigenvalue weighted by molar-refractivity contribution is 7.86. The lowest BCUT2D eigenvalue weighted by molar-refractivity contribution is 0.0692. The van der Waals surface area contributed by atoms with Crippen LogP contribution >= 0.6 is 12.6 Å². The summed E-state index contributed by atoms with van der Waals surface area (Å²) in [5.41, 5.74) is 4.74. The minimum absolute atomic E-state index is 0.0315. The van der Waals surface area contributed by atoms with Gasteiger partial charge >= 0.3 is 5.97 Å². The fourth-order valence-corrected chi connectivity index (χ4v) is 1.86. The first-order valence-electron chi connectivity index (χ1n) is 3.56. The van der Waals surface area contributed by atoms with E-state index in [0.29, 0.717) is 0 Å². The van der Waals surface area contributed by atoms with Gasteiger partial charge in [0.2, 0.25) is 0 Å². The van der Waals surface area contributed by atoms with Crippen LogP contribution in [0, 0.1) is 0 Å². The van der Waals surface area contributed by atoms with Crippen LogP contribution in [0.2, 0.25) is 0 Å². The van der Waals surface area contributed by atoms with Gasteiger partial charge in [-0.3, -0.25) is 4.55 Å². The second-order valence-corrected chi connectivity index (χ2v) is 4.56. The molecule has 0 aromatic heterocycles. The molecule has 0 heterocycles. The number of nitrogen functional groups attached to an aromatic ring is 1. The zero-order valence-electron chi connectivity index (χ0n) is 7.21. The molecule has 8 heteroatoms. The van der Waals surface area contributed by atoms with Gasteiger partial charge in [0, 0.05) is 10.6 Å². The Bertz CT molecular complexity index is 522. The molecule has 0 saturated heterocycles. The van der Waals surface area contributed by atoms with Gasteiger partial charge in [0.1, 0.15) is 4.90 Å². The zero-order chi connectivity index (χ0) is 11.8. The van der Waals surface area contributed by atoms with E-state index in [1.54, 1.807) is 0 Å². The predicted octanol–water partition coefficient (Wildman–Crippen LogP) is 0.502. The molecule has 0 aliphatic rings. The second-order valence-electron chi connectivity index (χ2n) is 2.69. The Morgan fingerprint density at radius 2 is 1.93 bits per heavy atom. The lowest BCUT2D eigenvalue weighted by Crippen LogP contribution is -2.09. The molecule has 1 aromatic rings. The van der Waals surface area contributed by atoms with Crippen LogP contribution in [0.3, 0.4) is 0 Å². The molecule has 6 nitrogen and oxygen atoms in total. The number of carboxylic acid groups (broad SMARTS) is 1. The van der Waals surface area contributed by atoms with Gasteiger partial charge in [-0.25, -0.2) is 4.79 Å². The van der Waals surface area contributed by atoms with Crippen molar-refractivity contribution in [2.45, 2.75) is 9.79 Å². The molecule has 0 spiro atoms. The molecule has 0 atom stereocenters. The Kier molecular flexibility index (Phi) is 2.93. The summed E-state index contributed by atoms with van der Waals surface area (Å²) in [6.45, 7) is 0. The fraction of sp³-hybridized carbons (Fsp3) is 0.